The molecule has 0 aliphatic rings. The fraction of sp³-hybridized carbons (Fsp3) is 1.00. The van der Waals surface area contributed by atoms with Crippen LogP contribution >= 0.6 is 0 Å². The lowest BCUT2D eigenvalue weighted by molar-refractivity contribution is -0.0206. The Morgan fingerprint density at radius 1 is 0.464 bits per heavy atom. The zero-order valence-corrected chi connectivity index (χ0v) is 18.1. The molecule has 9 nitrogen and oxygen atoms in total. The van der Waals surface area contributed by atoms with E-state index in [2.05, 4.69) is 10.2 Å². The lowest BCUT2D eigenvalue weighted by Crippen LogP contribution is -2.19. The summed E-state index contributed by atoms with van der Waals surface area (Å²) >= 11 is 0. The number of nitrogens with zero attached hydrogens (tertiary/aromatic N) is 1. The Kier molecular flexibility index (Phi) is 24.4. The maximum atomic E-state index is 5.43. The van der Waals surface area contributed by atoms with E-state index in [0.717, 1.165) is 19.7 Å². The third kappa shape index (κ3) is 25.6. The highest BCUT2D eigenvalue weighted by molar-refractivity contribution is 4.41. The Labute approximate surface area is 170 Å². The molecule has 0 radical (unpaired) electrons. The first-order valence-corrected chi connectivity index (χ1v) is 10.1. The van der Waals surface area contributed by atoms with Gasteiger partial charge in [0, 0.05) is 13.1 Å². The van der Waals surface area contributed by atoms with E-state index in [1.807, 2.05) is 21.1 Å². The van der Waals surface area contributed by atoms with Crippen LogP contribution in [0.5, 0.6) is 0 Å². The van der Waals surface area contributed by atoms with Crippen molar-refractivity contribution in [1.29, 1.82) is 0 Å². The molecule has 0 heterocycles. The van der Waals surface area contributed by atoms with E-state index in [9.17, 15) is 0 Å². The normalized spacial score (nSPS) is 11.6. The number of likely N-dealkylation sites (N-methyl/N-ethyl adjacent to an activating group) is 2. The Morgan fingerprint density at radius 3 is 1.04 bits per heavy atom. The second-order valence-corrected chi connectivity index (χ2v) is 6.19. The topological polar surface area (TPSA) is 79.9 Å². The highest BCUT2D eigenvalue weighted by atomic mass is 16.6. The molecular formula is C19H42N2O7. The van der Waals surface area contributed by atoms with Crippen molar-refractivity contribution in [2.24, 2.45) is 0 Å². The fourth-order valence-corrected chi connectivity index (χ4v) is 1.84. The van der Waals surface area contributed by atoms with E-state index in [-0.39, 0.29) is 0 Å². The van der Waals surface area contributed by atoms with Crippen LogP contribution < -0.4 is 5.32 Å². The number of hydrogen-bond donors (Lipinski definition) is 1. The van der Waals surface area contributed by atoms with Crippen LogP contribution in [0.15, 0.2) is 0 Å². The summed E-state index contributed by atoms with van der Waals surface area (Å²) in [6.45, 7) is 10.1. The van der Waals surface area contributed by atoms with Crippen molar-refractivity contribution >= 4 is 0 Å². The summed E-state index contributed by atoms with van der Waals surface area (Å²) in [5.74, 6) is 0. The standard InChI is InChI=1S/C19H42N2O7/c1-20-4-6-22-8-10-24-12-14-26-16-18-28-19-17-27-15-13-25-11-9-23-7-5-21(2)3/h20H,4-19H2,1-3H3. The Hall–Kier alpha value is -0.360. The van der Waals surface area contributed by atoms with Gasteiger partial charge in [-0.3, -0.25) is 0 Å². The largest absolute Gasteiger partial charge is 0.378 e. The minimum Gasteiger partial charge on any atom is -0.378 e. The average molecular weight is 411 g/mol. The summed E-state index contributed by atoms with van der Waals surface area (Å²) in [6.07, 6.45) is 0. The number of hydrogen-bond acceptors (Lipinski definition) is 9. The monoisotopic (exact) mass is 410 g/mol. The lowest BCUT2D eigenvalue weighted by atomic mass is 10.6. The predicted molar refractivity (Wildman–Crippen MR) is 108 cm³/mol. The fourth-order valence-electron chi connectivity index (χ4n) is 1.84. The molecule has 170 valence electrons. The van der Waals surface area contributed by atoms with Gasteiger partial charge >= 0.3 is 0 Å². The van der Waals surface area contributed by atoms with E-state index >= 15 is 0 Å². The van der Waals surface area contributed by atoms with E-state index in [4.69, 9.17) is 33.2 Å². The molecule has 9 heteroatoms. The van der Waals surface area contributed by atoms with Crippen molar-refractivity contribution in [1.82, 2.24) is 10.2 Å². The second kappa shape index (κ2) is 24.7. The van der Waals surface area contributed by atoms with Crippen molar-refractivity contribution in [3.63, 3.8) is 0 Å². The van der Waals surface area contributed by atoms with Crippen molar-refractivity contribution in [3.8, 4) is 0 Å². The van der Waals surface area contributed by atoms with Crippen molar-refractivity contribution < 1.29 is 33.2 Å². The number of ether oxygens (including phenoxy) is 7. The molecule has 0 aliphatic heterocycles. The minimum atomic E-state index is 0.553. The molecule has 0 amide bonds. The summed E-state index contributed by atoms with van der Waals surface area (Å²) in [5, 5.41) is 3.02. The van der Waals surface area contributed by atoms with E-state index < -0.39 is 0 Å². The number of rotatable bonds is 24. The summed E-state index contributed by atoms with van der Waals surface area (Å²) < 4.78 is 37.8. The molecule has 0 fully saturated rings. The van der Waals surface area contributed by atoms with Crippen molar-refractivity contribution in [2.45, 2.75) is 0 Å². The van der Waals surface area contributed by atoms with Crippen LogP contribution in [-0.2, 0) is 33.2 Å². The van der Waals surface area contributed by atoms with E-state index in [1.165, 1.54) is 0 Å². The SMILES string of the molecule is CNCCOCCOCCOCCOCCOCCOCCOCCN(C)C. The molecule has 0 aromatic heterocycles. The molecule has 0 bridgehead atoms. The third-order valence-corrected chi connectivity index (χ3v) is 3.41. The zero-order chi connectivity index (χ0) is 20.5. The summed E-state index contributed by atoms with van der Waals surface area (Å²) in [5.41, 5.74) is 0. The molecule has 0 unspecified atom stereocenters. The van der Waals surface area contributed by atoms with Gasteiger partial charge in [-0.1, -0.05) is 0 Å². The van der Waals surface area contributed by atoms with Crippen LogP contribution in [0.4, 0.5) is 0 Å². The van der Waals surface area contributed by atoms with Crippen LogP contribution in [0.2, 0.25) is 0 Å². The van der Waals surface area contributed by atoms with Gasteiger partial charge in [0.25, 0.3) is 0 Å². The Morgan fingerprint density at radius 2 is 0.750 bits per heavy atom. The summed E-state index contributed by atoms with van der Waals surface area (Å²) in [7, 11) is 5.95. The first kappa shape index (κ1) is 27.6. The molecule has 0 saturated carbocycles. The molecule has 0 spiro atoms. The zero-order valence-electron chi connectivity index (χ0n) is 18.1. The van der Waals surface area contributed by atoms with Gasteiger partial charge in [-0.2, -0.15) is 0 Å². The molecule has 0 saturated heterocycles. The lowest BCUT2D eigenvalue weighted by Gasteiger charge is -2.10. The Balaban J connectivity index is 2.98. The third-order valence-electron chi connectivity index (χ3n) is 3.41. The van der Waals surface area contributed by atoms with Crippen LogP contribution in [0.25, 0.3) is 0 Å². The molecule has 0 rings (SSSR count). The van der Waals surface area contributed by atoms with Crippen molar-refractivity contribution in [2.75, 3.05) is 127 Å². The van der Waals surface area contributed by atoms with Crippen molar-refractivity contribution in [3.05, 3.63) is 0 Å². The van der Waals surface area contributed by atoms with Crippen LogP contribution in [0.3, 0.4) is 0 Å². The van der Waals surface area contributed by atoms with Gasteiger partial charge in [0.05, 0.1) is 92.5 Å². The first-order chi connectivity index (χ1) is 13.8. The van der Waals surface area contributed by atoms with E-state index in [1.54, 1.807) is 0 Å². The van der Waals surface area contributed by atoms with Gasteiger partial charge in [-0.05, 0) is 21.1 Å². The van der Waals surface area contributed by atoms with Gasteiger partial charge in [-0.15, -0.1) is 0 Å². The number of nitrogens with one attached hydrogen (secondary N) is 1. The quantitative estimate of drug-likeness (QED) is 0.219. The molecule has 0 atom stereocenters. The second-order valence-electron chi connectivity index (χ2n) is 6.19. The van der Waals surface area contributed by atoms with Gasteiger partial charge in [0.1, 0.15) is 0 Å². The first-order valence-electron chi connectivity index (χ1n) is 10.1. The molecule has 0 aromatic carbocycles. The van der Waals surface area contributed by atoms with Crippen LogP contribution in [0, 0.1) is 0 Å². The smallest absolute Gasteiger partial charge is 0.0701 e. The predicted octanol–water partition coefficient (Wildman–Crippen LogP) is -0.116. The highest BCUT2D eigenvalue weighted by Gasteiger charge is 1.95. The average Bonchev–Trinajstić information content (AvgIpc) is 2.68. The summed E-state index contributed by atoms with van der Waals surface area (Å²) in [4.78, 5) is 2.09. The molecule has 0 aliphatic carbocycles. The minimum absolute atomic E-state index is 0.553. The van der Waals surface area contributed by atoms with E-state index in [0.29, 0.717) is 85.9 Å². The molecule has 1 N–H and O–H groups in total. The molecular weight excluding hydrogens is 368 g/mol. The van der Waals surface area contributed by atoms with Gasteiger partial charge in [-0.25, -0.2) is 0 Å². The van der Waals surface area contributed by atoms with Gasteiger partial charge in [0.15, 0.2) is 0 Å². The highest BCUT2D eigenvalue weighted by Crippen LogP contribution is 1.85. The molecule has 0 aromatic rings. The van der Waals surface area contributed by atoms with Gasteiger partial charge in [0.2, 0.25) is 0 Å². The Bertz CT molecular complexity index is 287. The molecule has 28 heavy (non-hydrogen) atoms. The maximum Gasteiger partial charge on any atom is 0.0701 e. The maximum absolute atomic E-state index is 5.43. The van der Waals surface area contributed by atoms with Crippen LogP contribution in [-0.4, -0.2) is 132 Å². The van der Waals surface area contributed by atoms with Crippen LogP contribution in [0.1, 0.15) is 0 Å². The van der Waals surface area contributed by atoms with Gasteiger partial charge < -0.3 is 43.4 Å². The summed E-state index contributed by atoms with van der Waals surface area (Å²) in [6, 6.07) is 0.